The number of aliphatic hydroxyl groups excluding tert-OH is 1. The molecule has 3 unspecified atom stereocenters. The first-order valence-electron chi connectivity index (χ1n) is 26.2. The Labute approximate surface area is 402 Å². The van der Waals surface area contributed by atoms with Gasteiger partial charge in [0, 0.05) is 19.3 Å². The zero-order valence-corrected chi connectivity index (χ0v) is 42.8. The number of unbranched alkanes of at least 4 members (excludes halogenated alkanes) is 21. The number of aliphatic hydroxyl groups is 1. The SMILES string of the molecule is CC/C=C\C/C=C\C/C=C\C/C=C\CCCCC(=O)OC(COC(=O)CCCCCCC/C=C\CCCC)COP(=O)(O)OCC(CO)OC(=O)CCCCCCCCCCCCCCC. The summed E-state index contributed by atoms with van der Waals surface area (Å²) in [6.07, 6.45) is 50.5. The number of phosphoric acid groups is 1. The van der Waals surface area contributed by atoms with E-state index in [0.717, 1.165) is 96.3 Å². The highest BCUT2D eigenvalue weighted by molar-refractivity contribution is 7.47. The number of carbonyl (C=O) groups is 3. The average molecular weight is 951 g/mol. The van der Waals surface area contributed by atoms with Crippen LogP contribution in [0.4, 0.5) is 0 Å². The van der Waals surface area contributed by atoms with E-state index in [0.29, 0.717) is 19.3 Å². The van der Waals surface area contributed by atoms with E-state index in [2.05, 4.69) is 81.5 Å². The summed E-state index contributed by atoms with van der Waals surface area (Å²) in [7, 11) is -4.75. The third-order valence-electron chi connectivity index (χ3n) is 10.9. The Kier molecular flexibility index (Phi) is 46.6. The van der Waals surface area contributed by atoms with Gasteiger partial charge in [-0.2, -0.15) is 0 Å². The predicted octanol–water partition coefficient (Wildman–Crippen LogP) is 14.8. The zero-order valence-electron chi connectivity index (χ0n) is 41.9. The minimum Gasteiger partial charge on any atom is -0.462 e. The van der Waals surface area contributed by atoms with Crippen LogP contribution in [0, 0.1) is 0 Å². The molecule has 12 heteroatoms. The fourth-order valence-electron chi connectivity index (χ4n) is 6.92. The topological polar surface area (TPSA) is 155 Å². The van der Waals surface area contributed by atoms with Crippen molar-refractivity contribution in [3.05, 3.63) is 60.8 Å². The number of allylic oxidation sites excluding steroid dienone is 10. The van der Waals surface area contributed by atoms with E-state index in [1.807, 2.05) is 0 Å². The first-order chi connectivity index (χ1) is 32.2. The summed E-state index contributed by atoms with van der Waals surface area (Å²) in [6, 6.07) is 0. The molecule has 0 aliphatic heterocycles. The molecule has 0 aromatic heterocycles. The third-order valence-corrected chi connectivity index (χ3v) is 11.9. The molecule has 0 heterocycles. The van der Waals surface area contributed by atoms with Gasteiger partial charge in [-0.15, -0.1) is 0 Å². The Morgan fingerprint density at radius 3 is 1.30 bits per heavy atom. The number of phosphoric ester groups is 1. The minimum atomic E-state index is -4.75. The molecule has 0 aromatic carbocycles. The smallest absolute Gasteiger partial charge is 0.462 e. The van der Waals surface area contributed by atoms with Gasteiger partial charge in [-0.05, 0) is 77.0 Å². The Balaban J connectivity index is 4.78. The number of carbonyl (C=O) groups excluding carboxylic acids is 3. The van der Waals surface area contributed by atoms with Gasteiger partial charge < -0.3 is 24.2 Å². The maximum atomic E-state index is 12.8. The van der Waals surface area contributed by atoms with Crippen LogP contribution in [-0.2, 0) is 42.2 Å². The van der Waals surface area contributed by atoms with Crippen LogP contribution < -0.4 is 0 Å². The van der Waals surface area contributed by atoms with E-state index < -0.39 is 57.8 Å². The van der Waals surface area contributed by atoms with Gasteiger partial charge in [-0.1, -0.05) is 191 Å². The molecular weight excluding hydrogens is 856 g/mol. The first-order valence-corrected chi connectivity index (χ1v) is 27.7. The largest absolute Gasteiger partial charge is 0.472 e. The van der Waals surface area contributed by atoms with Crippen molar-refractivity contribution in [1.29, 1.82) is 0 Å². The molecule has 0 radical (unpaired) electrons. The average Bonchev–Trinajstić information content (AvgIpc) is 3.30. The van der Waals surface area contributed by atoms with E-state index in [4.69, 9.17) is 23.3 Å². The van der Waals surface area contributed by atoms with Gasteiger partial charge in [0.05, 0.1) is 19.8 Å². The highest BCUT2D eigenvalue weighted by atomic mass is 31.2. The van der Waals surface area contributed by atoms with Gasteiger partial charge in [0.1, 0.15) is 12.7 Å². The lowest BCUT2D eigenvalue weighted by atomic mass is 10.0. The maximum Gasteiger partial charge on any atom is 0.472 e. The monoisotopic (exact) mass is 951 g/mol. The Morgan fingerprint density at radius 1 is 0.439 bits per heavy atom. The van der Waals surface area contributed by atoms with Crippen LogP contribution in [0.5, 0.6) is 0 Å². The maximum absolute atomic E-state index is 12.8. The Morgan fingerprint density at radius 2 is 0.803 bits per heavy atom. The summed E-state index contributed by atoms with van der Waals surface area (Å²) in [5.74, 6) is -1.52. The number of esters is 3. The van der Waals surface area contributed by atoms with Crippen LogP contribution >= 0.6 is 7.82 Å². The molecular formula is C54H95O11P. The first kappa shape index (κ1) is 63.2. The lowest BCUT2D eigenvalue weighted by molar-refractivity contribution is -0.161. The molecule has 0 fully saturated rings. The van der Waals surface area contributed by atoms with E-state index in [1.165, 1.54) is 70.6 Å². The van der Waals surface area contributed by atoms with E-state index in [-0.39, 0.29) is 25.9 Å². The summed E-state index contributed by atoms with van der Waals surface area (Å²) in [5, 5.41) is 9.77. The fourth-order valence-corrected chi connectivity index (χ4v) is 7.70. The second kappa shape index (κ2) is 48.6. The van der Waals surface area contributed by atoms with Crippen LogP contribution in [-0.4, -0.2) is 66.5 Å². The molecule has 382 valence electrons. The molecule has 0 aromatic rings. The summed E-state index contributed by atoms with van der Waals surface area (Å²) >= 11 is 0. The van der Waals surface area contributed by atoms with E-state index >= 15 is 0 Å². The van der Waals surface area contributed by atoms with Crippen molar-refractivity contribution in [1.82, 2.24) is 0 Å². The van der Waals surface area contributed by atoms with Crippen LogP contribution in [0.15, 0.2) is 60.8 Å². The normalized spacial score (nSPS) is 14.0. The minimum absolute atomic E-state index is 0.114. The highest BCUT2D eigenvalue weighted by Gasteiger charge is 2.28. The van der Waals surface area contributed by atoms with Gasteiger partial charge in [0.15, 0.2) is 6.10 Å². The lowest BCUT2D eigenvalue weighted by Gasteiger charge is -2.21. The van der Waals surface area contributed by atoms with Crippen molar-refractivity contribution in [2.45, 2.75) is 238 Å². The quantitative estimate of drug-likeness (QED) is 0.0197. The number of rotatable bonds is 48. The zero-order chi connectivity index (χ0) is 48.4. The Bertz CT molecular complexity index is 1340. The van der Waals surface area contributed by atoms with Gasteiger partial charge in [0.2, 0.25) is 0 Å². The summed E-state index contributed by atoms with van der Waals surface area (Å²) < 4.78 is 39.3. The molecule has 2 N–H and O–H groups in total. The van der Waals surface area contributed by atoms with Gasteiger partial charge in [-0.3, -0.25) is 23.4 Å². The summed E-state index contributed by atoms with van der Waals surface area (Å²) in [5.41, 5.74) is 0. The van der Waals surface area contributed by atoms with Gasteiger partial charge in [-0.25, -0.2) is 4.57 Å². The van der Waals surface area contributed by atoms with Crippen molar-refractivity contribution >= 4 is 25.7 Å². The van der Waals surface area contributed by atoms with Crippen molar-refractivity contribution in [3.63, 3.8) is 0 Å². The highest BCUT2D eigenvalue weighted by Crippen LogP contribution is 2.43. The molecule has 66 heavy (non-hydrogen) atoms. The molecule has 0 amide bonds. The number of hydrogen-bond donors (Lipinski definition) is 2. The lowest BCUT2D eigenvalue weighted by Crippen LogP contribution is -2.30. The number of ether oxygens (including phenoxy) is 3. The summed E-state index contributed by atoms with van der Waals surface area (Å²) in [4.78, 5) is 48.3. The molecule has 3 atom stereocenters. The summed E-state index contributed by atoms with van der Waals surface area (Å²) in [6.45, 7) is 4.42. The molecule has 0 bridgehead atoms. The van der Waals surface area contributed by atoms with Gasteiger partial charge in [0.25, 0.3) is 0 Å². The standard InChI is InChI=1S/C54H95O11P/c1-4-7-10-13-16-19-22-24-25-27-30-33-36-39-42-45-54(58)65-51(47-61-52(56)43-40-37-34-31-28-21-18-15-12-9-6-3)49-63-66(59,60)62-48-50(46-55)64-53(57)44-41-38-35-32-29-26-23-20-17-14-11-8-5-2/h7,10,15-16,18-19,24-25,30,33,50-51,55H,4-6,8-9,11-14,17,20-23,26-29,31-32,34-49H2,1-3H3,(H,59,60)/b10-7-,18-15-,19-16-,25-24-,33-30-. The molecule has 0 saturated carbocycles. The second-order valence-electron chi connectivity index (χ2n) is 17.3. The number of hydrogen-bond acceptors (Lipinski definition) is 10. The fraction of sp³-hybridized carbons (Fsp3) is 0.759. The van der Waals surface area contributed by atoms with Crippen molar-refractivity contribution in [2.75, 3.05) is 26.4 Å². The van der Waals surface area contributed by atoms with E-state index in [9.17, 15) is 28.9 Å². The second-order valence-corrected chi connectivity index (χ2v) is 18.8. The molecule has 11 nitrogen and oxygen atoms in total. The third kappa shape index (κ3) is 46.3. The molecule has 0 aliphatic carbocycles. The van der Waals surface area contributed by atoms with Crippen molar-refractivity contribution < 1.29 is 52.2 Å². The Hall–Kier alpha value is -2.82. The van der Waals surface area contributed by atoms with Gasteiger partial charge >= 0.3 is 25.7 Å². The van der Waals surface area contributed by atoms with Crippen LogP contribution in [0.2, 0.25) is 0 Å². The van der Waals surface area contributed by atoms with Crippen molar-refractivity contribution in [2.24, 2.45) is 0 Å². The van der Waals surface area contributed by atoms with Crippen LogP contribution in [0.25, 0.3) is 0 Å². The van der Waals surface area contributed by atoms with Crippen LogP contribution in [0.1, 0.15) is 226 Å². The molecule has 0 aliphatic rings. The molecule has 0 spiro atoms. The molecule has 0 saturated heterocycles. The van der Waals surface area contributed by atoms with Crippen LogP contribution in [0.3, 0.4) is 0 Å². The van der Waals surface area contributed by atoms with Crippen molar-refractivity contribution in [3.8, 4) is 0 Å². The van der Waals surface area contributed by atoms with E-state index in [1.54, 1.807) is 0 Å². The molecule has 0 rings (SSSR count). The predicted molar refractivity (Wildman–Crippen MR) is 270 cm³/mol.